The number of nitrogens with zero attached hydrogens (tertiary/aromatic N) is 1. The molecule has 0 radical (unpaired) electrons. The van der Waals surface area contributed by atoms with Gasteiger partial charge in [0.15, 0.2) is 0 Å². The number of anilines is 1. The van der Waals surface area contributed by atoms with E-state index < -0.39 is 12.1 Å². The number of hydrogen-bond acceptors (Lipinski definition) is 2. The Bertz CT molecular complexity index is 426. The zero-order valence-corrected chi connectivity index (χ0v) is 11.9. The summed E-state index contributed by atoms with van der Waals surface area (Å²) in [6.07, 6.45) is -4.15. The summed E-state index contributed by atoms with van der Waals surface area (Å²) in [4.78, 5) is 1.82. The van der Waals surface area contributed by atoms with Crippen LogP contribution in [0.4, 0.5) is 18.9 Å². The molecular formula is C15H21F3N2. The van der Waals surface area contributed by atoms with Crippen molar-refractivity contribution >= 4 is 5.69 Å². The number of halogens is 3. The van der Waals surface area contributed by atoms with E-state index in [1.54, 1.807) is 0 Å². The van der Waals surface area contributed by atoms with Crippen molar-refractivity contribution < 1.29 is 13.2 Å². The first kappa shape index (κ1) is 15.2. The molecule has 0 amide bonds. The van der Waals surface area contributed by atoms with Crippen LogP contribution >= 0.6 is 0 Å². The third-order valence-electron chi connectivity index (χ3n) is 3.78. The summed E-state index contributed by atoms with van der Waals surface area (Å²) in [5.41, 5.74) is 2.07. The molecule has 1 aromatic rings. The maximum atomic E-state index is 12.9. The second-order valence-corrected chi connectivity index (χ2v) is 5.63. The summed E-state index contributed by atoms with van der Waals surface area (Å²) >= 11 is 0. The van der Waals surface area contributed by atoms with Crippen LogP contribution < -0.4 is 10.2 Å². The molecule has 1 aromatic carbocycles. The first-order chi connectivity index (χ1) is 9.38. The second kappa shape index (κ2) is 6.04. The lowest BCUT2D eigenvalue weighted by atomic mass is 10.0. The van der Waals surface area contributed by atoms with Crippen LogP contribution in [0.3, 0.4) is 0 Å². The largest absolute Gasteiger partial charge is 0.394 e. The Hall–Kier alpha value is -1.23. The van der Waals surface area contributed by atoms with E-state index in [0.717, 1.165) is 5.69 Å². The highest BCUT2D eigenvalue weighted by molar-refractivity contribution is 5.48. The lowest BCUT2D eigenvalue weighted by molar-refractivity contribution is -0.169. The van der Waals surface area contributed by atoms with E-state index in [9.17, 15) is 13.2 Å². The Morgan fingerprint density at radius 3 is 2.40 bits per heavy atom. The second-order valence-electron chi connectivity index (χ2n) is 5.63. The molecule has 20 heavy (non-hydrogen) atoms. The first-order valence-electron chi connectivity index (χ1n) is 7.00. The molecule has 5 heteroatoms. The van der Waals surface area contributed by atoms with E-state index in [2.05, 4.69) is 19.2 Å². The normalized spacial score (nSPS) is 21.1. The van der Waals surface area contributed by atoms with Crippen LogP contribution in [0.5, 0.6) is 0 Å². The molecule has 0 saturated carbocycles. The van der Waals surface area contributed by atoms with Crippen LogP contribution in [0.25, 0.3) is 0 Å². The number of hydrogen-bond donors (Lipinski definition) is 1. The van der Waals surface area contributed by atoms with Crippen molar-refractivity contribution in [1.82, 2.24) is 5.32 Å². The van der Waals surface area contributed by atoms with Crippen molar-refractivity contribution in [3.63, 3.8) is 0 Å². The molecule has 1 fully saturated rings. The highest BCUT2D eigenvalue weighted by Crippen LogP contribution is 2.29. The molecule has 112 valence electrons. The summed E-state index contributed by atoms with van der Waals surface area (Å²) in [6, 6.07) is 7.85. The summed E-state index contributed by atoms with van der Waals surface area (Å²) < 4.78 is 38.7. The first-order valence-corrected chi connectivity index (χ1v) is 7.00. The fraction of sp³-hybridized carbons (Fsp3) is 0.600. The molecule has 1 saturated heterocycles. The fourth-order valence-corrected chi connectivity index (χ4v) is 2.44. The van der Waals surface area contributed by atoms with Gasteiger partial charge in [0.25, 0.3) is 0 Å². The zero-order valence-electron chi connectivity index (χ0n) is 11.9. The van der Waals surface area contributed by atoms with Crippen LogP contribution in [0.1, 0.15) is 25.3 Å². The minimum absolute atomic E-state index is 0.00405. The molecule has 0 aromatic heterocycles. The van der Waals surface area contributed by atoms with E-state index in [0.29, 0.717) is 19.0 Å². The molecule has 2 nitrogen and oxygen atoms in total. The van der Waals surface area contributed by atoms with Gasteiger partial charge in [-0.25, -0.2) is 0 Å². The molecule has 1 heterocycles. The summed E-state index contributed by atoms with van der Waals surface area (Å²) in [7, 11) is 0. The Balaban J connectivity index is 2.13. The average Bonchev–Trinajstić information content (AvgIpc) is 2.64. The van der Waals surface area contributed by atoms with Gasteiger partial charge in [-0.3, -0.25) is 0 Å². The summed E-state index contributed by atoms with van der Waals surface area (Å²) in [5.74, 6) is -0.882. The van der Waals surface area contributed by atoms with Gasteiger partial charge < -0.3 is 10.2 Å². The summed E-state index contributed by atoms with van der Waals surface area (Å²) in [6.45, 7) is 5.42. The maximum absolute atomic E-state index is 12.9. The fourth-order valence-electron chi connectivity index (χ4n) is 2.44. The van der Waals surface area contributed by atoms with E-state index in [1.165, 1.54) is 5.56 Å². The number of alkyl halides is 3. The van der Waals surface area contributed by atoms with Crippen molar-refractivity contribution in [1.29, 1.82) is 0 Å². The van der Waals surface area contributed by atoms with Gasteiger partial charge in [0, 0.05) is 31.9 Å². The minimum atomic E-state index is -4.15. The molecule has 1 aliphatic rings. The highest BCUT2D eigenvalue weighted by Gasteiger charge is 2.41. The van der Waals surface area contributed by atoms with Gasteiger partial charge in [-0.05, 0) is 23.6 Å². The van der Waals surface area contributed by atoms with Gasteiger partial charge in [0.05, 0.1) is 5.92 Å². The topological polar surface area (TPSA) is 15.3 Å². The van der Waals surface area contributed by atoms with Gasteiger partial charge in [0.2, 0.25) is 0 Å². The zero-order chi connectivity index (χ0) is 14.8. The highest BCUT2D eigenvalue weighted by atomic mass is 19.4. The molecule has 1 atom stereocenters. The van der Waals surface area contributed by atoms with Gasteiger partial charge in [0.1, 0.15) is 0 Å². The molecule has 1 aliphatic heterocycles. The third kappa shape index (κ3) is 3.66. The third-order valence-corrected chi connectivity index (χ3v) is 3.78. The lowest BCUT2D eigenvalue weighted by Gasteiger charge is -2.27. The predicted molar refractivity (Wildman–Crippen MR) is 75.2 cm³/mol. The lowest BCUT2D eigenvalue weighted by Crippen LogP contribution is -2.38. The smallest absolute Gasteiger partial charge is 0.370 e. The van der Waals surface area contributed by atoms with Crippen LogP contribution in [0.2, 0.25) is 0 Å². The van der Waals surface area contributed by atoms with Crippen molar-refractivity contribution in [2.45, 2.75) is 25.9 Å². The molecule has 1 unspecified atom stereocenters. The van der Waals surface area contributed by atoms with Gasteiger partial charge >= 0.3 is 6.18 Å². The van der Waals surface area contributed by atoms with Crippen LogP contribution in [-0.4, -0.2) is 32.4 Å². The molecule has 0 spiro atoms. The van der Waals surface area contributed by atoms with Crippen molar-refractivity contribution in [3.8, 4) is 0 Å². The Kier molecular flexibility index (Phi) is 4.58. The average molecular weight is 286 g/mol. The standard InChI is InChI=1S/C15H21F3N2/c1-11(2)12-3-5-14(6-4-12)20-8-7-19-9-13(10-20)15(16,17)18/h3-6,11,13,19H,7-10H2,1-2H3. The minimum Gasteiger partial charge on any atom is -0.370 e. The Labute approximate surface area is 118 Å². The number of benzene rings is 1. The van der Waals surface area contributed by atoms with E-state index in [-0.39, 0.29) is 13.1 Å². The molecule has 0 bridgehead atoms. The van der Waals surface area contributed by atoms with Gasteiger partial charge in [-0.2, -0.15) is 13.2 Å². The van der Waals surface area contributed by atoms with Crippen LogP contribution in [-0.2, 0) is 0 Å². The number of rotatable bonds is 2. The van der Waals surface area contributed by atoms with E-state index in [1.807, 2.05) is 29.2 Å². The Morgan fingerprint density at radius 2 is 1.85 bits per heavy atom. The summed E-state index contributed by atoms with van der Waals surface area (Å²) in [5, 5.41) is 2.87. The molecular weight excluding hydrogens is 265 g/mol. The maximum Gasteiger partial charge on any atom is 0.394 e. The van der Waals surface area contributed by atoms with Crippen LogP contribution in [0.15, 0.2) is 24.3 Å². The number of nitrogens with one attached hydrogen (secondary N) is 1. The van der Waals surface area contributed by atoms with E-state index in [4.69, 9.17) is 0 Å². The van der Waals surface area contributed by atoms with Gasteiger partial charge in [-0.1, -0.05) is 26.0 Å². The monoisotopic (exact) mass is 286 g/mol. The Morgan fingerprint density at radius 1 is 1.20 bits per heavy atom. The van der Waals surface area contributed by atoms with Crippen molar-refractivity contribution in [2.75, 3.05) is 31.1 Å². The molecule has 1 N–H and O–H groups in total. The van der Waals surface area contributed by atoms with E-state index >= 15 is 0 Å². The van der Waals surface area contributed by atoms with Gasteiger partial charge in [-0.15, -0.1) is 0 Å². The molecule has 0 aliphatic carbocycles. The SMILES string of the molecule is CC(C)c1ccc(N2CCNCC(C(F)(F)F)C2)cc1. The quantitative estimate of drug-likeness (QED) is 0.896. The van der Waals surface area contributed by atoms with Crippen LogP contribution in [0, 0.1) is 5.92 Å². The van der Waals surface area contributed by atoms with Crippen molar-refractivity contribution in [2.24, 2.45) is 5.92 Å². The van der Waals surface area contributed by atoms with Crippen molar-refractivity contribution in [3.05, 3.63) is 29.8 Å². The molecule has 2 rings (SSSR count). The predicted octanol–water partition coefficient (Wildman–Crippen LogP) is 3.40.